The van der Waals surface area contributed by atoms with Gasteiger partial charge in [-0.05, 0) is 47.2 Å². The summed E-state index contributed by atoms with van der Waals surface area (Å²) in [7, 11) is 0. The van der Waals surface area contributed by atoms with E-state index in [1.165, 1.54) is 0 Å². The number of nitrogen functional groups attached to an aromatic ring is 1. The van der Waals surface area contributed by atoms with Gasteiger partial charge < -0.3 is 15.7 Å². The Morgan fingerprint density at radius 1 is 1.65 bits per heavy atom. The number of halogens is 1. The number of aromatic nitrogens is 1. The maximum Gasteiger partial charge on any atom is 0.143 e. The predicted octanol–water partition coefficient (Wildman–Crippen LogP) is 1.94. The first-order valence-electron chi connectivity index (χ1n) is 5.90. The Labute approximate surface area is 110 Å². The second-order valence-electron chi connectivity index (χ2n) is 4.61. The molecular formula is C12H18BrN3O. The van der Waals surface area contributed by atoms with Crippen molar-refractivity contribution in [2.24, 2.45) is 5.92 Å². The van der Waals surface area contributed by atoms with E-state index in [4.69, 9.17) is 5.73 Å². The van der Waals surface area contributed by atoms with Gasteiger partial charge in [0, 0.05) is 19.7 Å². The average molecular weight is 300 g/mol. The van der Waals surface area contributed by atoms with Gasteiger partial charge in [-0.25, -0.2) is 4.98 Å². The van der Waals surface area contributed by atoms with Gasteiger partial charge in [0.1, 0.15) is 5.82 Å². The molecule has 2 heterocycles. The summed E-state index contributed by atoms with van der Waals surface area (Å²) in [6.45, 7) is 4.09. The third kappa shape index (κ3) is 2.55. The van der Waals surface area contributed by atoms with Gasteiger partial charge in [-0.1, -0.05) is 0 Å². The molecule has 17 heavy (non-hydrogen) atoms. The number of rotatable bonds is 2. The molecule has 0 aromatic carbocycles. The van der Waals surface area contributed by atoms with Gasteiger partial charge in [0.15, 0.2) is 0 Å². The Morgan fingerprint density at radius 2 is 2.41 bits per heavy atom. The van der Waals surface area contributed by atoms with Gasteiger partial charge in [0.25, 0.3) is 0 Å². The number of pyridine rings is 1. The molecule has 1 fully saturated rings. The number of nitrogens with two attached hydrogens (primary N) is 1. The van der Waals surface area contributed by atoms with E-state index >= 15 is 0 Å². The lowest BCUT2D eigenvalue weighted by Crippen LogP contribution is -2.37. The quantitative estimate of drug-likeness (QED) is 0.876. The monoisotopic (exact) mass is 299 g/mol. The number of aliphatic hydroxyl groups is 1. The molecule has 1 aliphatic heterocycles. The zero-order valence-corrected chi connectivity index (χ0v) is 11.6. The average Bonchev–Trinajstić information content (AvgIpc) is 2.36. The second kappa shape index (κ2) is 5.23. The Balaban J connectivity index is 2.25. The van der Waals surface area contributed by atoms with Gasteiger partial charge in [-0.3, -0.25) is 0 Å². The molecule has 0 amide bonds. The number of hydrogen-bond donors (Lipinski definition) is 2. The minimum absolute atomic E-state index is 0.252. The van der Waals surface area contributed by atoms with E-state index in [-0.39, 0.29) is 6.61 Å². The molecule has 0 spiro atoms. The van der Waals surface area contributed by atoms with Crippen LogP contribution in [0.2, 0.25) is 0 Å². The van der Waals surface area contributed by atoms with Crippen molar-refractivity contribution in [1.82, 2.24) is 4.98 Å². The van der Waals surface area contributed by atoms with Crippen LogP contribution >= 0.6 is 15.9 Å². The van der Waals surface area contributed by atoms with Gasteiger partial charge in [-0.2, -0.15) is 0 Å². The summed E-state index contributed by atoms with van der Waals surface area (Å²) in [4.78, 5) is 6.63. The molecule has 4 nitrogen and oxygen atoms in total. The van der Waals surface area contributed by atoms with Crippen LogP contribution in [0.4, 0.5) is 11.5 Å². The van der Waals surface area contributed by atoms with Crippen molar-refractivity contribution in [2.75, 3.05) is 30.3 Å². The molecule has 3 N–H and O–H groups in total. The number of anilines is 2. The molecule has 1 saturated heterocycles. The van der Waals surface area contributed by atoms with Crippen molar-refractivity contribution in [3.8, 4) is 0 Å². The van der Waals surface area contributed by atoms with E-state index in [1.807, 2.05) is 6.92 Å². The van der Waals surface area contributed by atoms with Crippen molar-refractivity contribution in [2.45, 2.75) is 19.8 Å². The number of piperidine rings is 1. The van der Waals surface area contributed by atoms with Crippen LogP contribution in [0.15, 0.2) is 10.7 Å². The predicted molar refractivity (Wildman–Crippen MR) is 73.1 cm³/mol. The molecule has 5 heteroatoms. The highest BCUT2D eigenvalue weighted by Gasteiger charge is 2.22. The molecule has 0 bridgehead atoms. The molecule has 1 atom stereocenters. The highest BCUT2D eigenvalue weighted by molar-refractivity contribution is 9.10. The van der Waals surface area contributed by atoms with Gasteiger partial charge in [0.2, 0.25) is 0 Å². The Bertz CT molecular complexity index is 411. The first kappa shape index (κ1) is 12.6. The third-order valence-corrected chi connectivity index (χ3v) is 4.31. The van der Waals surface area contributed by atoms with E-state index < -0.39 is 0 Å². The minimum atomic E-state index is 0.252. The smallest absolute Gasteiger partial charge is 0.143 e. The molecule has 1 aliphatic rings. The van der Waals surface area contributed by atoms with Crippen LogP contribution in [0.1, 0.15) is 18.4 Å². The van der Waals surface area contributed by atoms with Crippen LogP contribution in [-0.2, 0) is 0 Å². The van der Waals surface area contributed by atoms with Crippen LogP contribution in [-0.4, -0.2) is 29.8 Å². The van der Waals surface area contributed by atoms with Crippen LogP contribution in [0, 0.1) is 12.8 Å². The molecule has 0 saturated carbocycles. The minimum Gasteiger partial charge on any atom is -0.397 e. The van der Waals surface area contributed by atoms with Gasteiger partial charge >= 0.3 is 0 Å². The Morgan fingerprint density at radius 3 is 3.12 bits per heavy atom. The number of aliphatic hydroxyl groups excluding tert-OH is 1. The van der Waals surface area contributed by atoms with Gasteiger partial charge in [0.05, 0.1) is 16.4 Å². The van der Waals surface area contributed by atoms with Crippen molar-refractivity contribution in [3.63, 3.8) is 0 Å². The lowest BCUT2D eigenvalue weighted by Gasteiger charge is -2.33. The third-order valence-electron chi connectivity index (χ3n) is 3.36. The highest BCUT2D eigenvalue weighted by Crippen LogP contribution is 2.32. The summed E-state index contributed by atoms with van der Waals surface area (Å²) >= 11 is 3.56. The zero-order valence-electron chi connectivity index (χ0n) is 9.99. The van der Waals surface area contributed by atoms with Crippen LogP contribution in [0.5, 0.6) is 0 Å². The van der Waals surface area contributed by atoms with Crippen LogP contribution in [0.25, 0.3) is 0 Å². The van der Waals surface area contributed by atoms with Crippen molar-refractivity contribution >= 4 is 27.4 Å². The summed E-state index contributed by atoms with van der Waals surface area (Å²) in [6.07, 6.45) is 3.90. The standard InChI is InChI=1S/C12H18BrN3O/c1-8-10(14)5-15-12(11(8)13)16-4-2-3-9(6-16)7-17/h5,9,17H,2-4,6-7,14H2,1H3. The van der Waals surface area contributed by atoms with E-state index in [1.54, 1.807) is 6.20 Å². The number of hydrogen-bond acceptors (Lipinski definition) is 4. The molecule has 1 aromatic rings. The lowest BCUT2D eigenvalue weighted by molar-refractivity contribution is 0.208. The molecular weight excluding hydrogens is 282 g/mol. The van der Waals surface area contributed by atoms with Crippen LogP contribution in [0.3, 0.4) is 0 Å². The summed E-state index contributed by atoms with van der Waals surface area (Å²) in [5.74, 6) is 1.30. The summed E-state index contributed by atoms with van der Waals surface area (Å²) in [5, 5.41) is 9.24. The summed E-state index contributed by atoms with van der Waals surface area (Å²) in [5.41, 5.74) is 7.56. The van der Waals surface area contributed by atoms with E-state index in [2.05, 4.69) is 25.8 Å². The lowest BCUT2D eigenvalue weighted by atomic mass is 9.99. The summed E-state index contributed by atoms with van der Waals surface area (Å²) in [6, 6.07) is 0. The molecule has 0 radical (unpaired) electrons. The Hall–Kier alpha value is -0.810. The molecule has 94 valence electrons. The van der Waals surface area contributed by atoms with Crippen molar-refractivity contribution in [3.05, 3.63) is 16.2 Å². The van der Waals surface area contributed by atoms with Crippen molar-refractivity contribution in [1.29, 1.82) is 0 Å². The first-order valence-corrected chi connectivity index (χ1v) is 6.69. The fourth-order valence-electron chi connectivity index (χ4n) is 2.21. The topological polar surface area (TPSA) is 62.4 Å². The Kier molecular flexibility index (Phi) is 3.89. The molecule has 0 aliphatic carbocycles. The van der Waals surface area contributed by atoms with E-state index in [9.17, 15) is 5.11 Å². The molecule has 1 unspecified atom stereocenters. The zero-order chi connectivity index (χ0) is 12.4. The summed E-state index contributed by atoms with van der Waals surface area (Å²) < 4.78 is 0.969. The van der Waals surface area contributed by atoms with Crippen molar-refractivity contribution < 1.29 is 5.11 Å². The fraction of sp³-hybridized carbons (Fsp3) is 0.583. The molecule has 1 aromatic heterocycles. The first-order chi connectivity index (χ1) is 8.13. The SMILES string of the molecule is Cc1c(N)cnc(N2CCCC(CO)C2)c1Br. The van der Waals surface area contributed by atoms with E-state index in [0.29, 0.717) is 11.6 Å². The molecule has 2 rings (SSSR count). The number of nitrogens with zero attached hydrogens (tertiary/aromatic N) is 2. The highest BCUT2D eigenvalue weighted by atomic mass is 79.9. The maximum absolute atomic E-state index is 9.24. The maximum atomic E-state index is 9.24. The fourth-order valence-corrected chi connectivity index (χ4v) is 2.79. The largest absolute Gasteiger partial charge is 0.397 e. The normalized spacial score (nSPS) is 20.6. The van der Waals surface area contributed by atoms with Gasteiger partial charge in [-0.15, -0.1) is 0 Å². The second-order valence-corrected chi connectivity index (χ2v) is 5.41. The van der Waals surface area contributed by atoms with E-state index in [0.717, 1.165) is 41.8 Å². The van der Waals surface area contributed by atoms with Crippen LogP contribution < -0.4 is 10.6 Å².